The number of aryl methyl sites for hydroxylation is 1. The lowest BCUT2D eigenvalue weighted by Gasteiger charge is -2.09. The zero-order valence-corrected chi connectivity index (χ0v) is 11.3. The molecule has 5 nitrogen and oxygen atoms in total. The first-order valence-corrected chi connectivity index (χ1v) is 6.36. The van der Waals surface area contributed by atoms with Gasteiger partial charge in [0, 0.05) is 31.4 Å². The summed E-state index contributed by atoms with van der Waals surface area (Å²) < 4.78 is 5.19. The Morgan fingerprint density at radius 1 is 1.32 bits per heavy atom. The first-order chi connectivity index (χ1) is 9.31. The number of methoxy groups -OCH3 is 1. The molecule has 0 aliphatic heterocycles. The molecule has 0 unspecified atom stereocenters. The summed E-state index contributed by atoms with van der Waals surface area (Å²) >= 11 is 0. The van der Waals surface area contributed by atoms with Crippen LogP contribution in [0.25, 0.3) is 0 Å². The number of hydrogen-bond acceptors (Lipinski definition) is 5. The molecule has 0 radical (unpaired) electrons. The van der Waals surface area contributed by atoms with Gasteiger partial charge >= 0.3 is 0 Å². The molecule has 2 heterocycles. The van der Waals surface area contributed by atoms with Gasteiger partial charge in [0.2, 0.25) is 5.88 Å². The number of ether oxygens (including phenoxy) is 1. The molecule has 2 rings (SSSR count). The van der Waals surface area contributed by atoms with Crippen molar-refractivity contribution in [3.05, 3.63) is 42.0 Å². The summed E-state index contributed by atoms with van der Waals surface area (Å²) in [6.45, 7) is 2.78. The fraction of sp³-hybridized carbons (Fsp3) is 0.357. The standard InChI is InChI=1S/C14H18N4O/c1-3-5-12-17-13(8-14(18-12)19-2)16-10-11-6-4-7-15-9-11/h4,6-9H,3,5,10H2,1-2H3,(H,16,17,18). The lowest BCUT2D eigenvalue weighted by molar-refractivity contribution is 0.395. The molecule has 0 aliphatic rings. The second-order valence-electron chi connectivity index (χ2n) is 4.18. The summed E-state index contributed by atoms with van der Waals surface area (Å²) in [6.07, 6.45) is 5.45. The fourth-order valence-electron chi connectivity index (χ4n) is 1.70. The zero-order valence-electron chi connectivity index (χ0n) is 11.3. The third-order valence-corrected chi connectivity index (χ3v) is 2.63. The van der Waals surface area contributed by atoms with Gasteiger partial charge in [-0.15, -0.1) is 0 Å². The summed E-state index contributed by atoms with van der Waals surface area (Å²) in [4.78, 5) is 12.9. The number of rotatable bonds is 6. The van der Waals surface area contributed by atoms with Crippen LogP contribution < -0.4 is 10.1 Å². The average molecular weight is 258 g/mol. The molecule has 0 fully saturated rings. The van der Waals surface area contributed by atoms with Gasteiger partial charge in [0.1, 0.15) is 11.6 Å². The topological polar surface area (TPSA) is 59.9 Å². The Balaban J connectivity index is 2.08. The molecule has 2 aromatic rings. The van der Waals surface area contributed by atoms with E-state index in [0.29, 0.717) is 12.4 Å². The monoisotopic (exact) mass is 258 g/mol. The first-order valence-electron chi connectivity index (χ1n) is 6.36. The van der Waals surface area contributed by atoms with E-state index in [-0.39, 0.29) is 0 Å². The largest absolute Gasteiger partial charge is 0.481 e. The van der Waals surface area contributed by atoms with Gasteiger partial charge in [0.15, 0.2) is 0 Å². The number of anilines is 1. The summed E-state index contributed by atoms with van der Waals surface area (Å²) in [6, 6.07) is 5.74. The summed E-state index contributed by atoms with van der Waals surface area (Å²) in [5, 5.41) is 3.26. The van der Waals surface area contributed by atoms with Crippen LogP contribution in [-0.4, -0.2) is 22.1 Å². The highest BCUT2D eigenvalue weighted by Gasteiger charge is 2.04. The first kappa shape index (κ1) is 13.3. The third kappa shape index (κ3) is 3.91. The Bertz CT molecular complexity index is 516. The van der Waals surface area contributed by atoms with E-state index in [9.17, 15) is 0 Å². The normalized spacial score (nSPS) is 10.2. The molecule has 0 aromatic carbocycles. The van der Waals surface area contributed by atoms with E-state index >= 15 is 0 Å². The molecule has 0 aliphatic carbocycles. The lowest BCUT2D eigenvalue weighted by Crippen LogP contribution is -2.05. The number of aromatic nitrogens is 3. The van der Waals surface area contributed by atoms with Crippen molar-refractivity contribution < 1.29 is 4.74 Å². The van der Waals surface area contributed by atoms with E-state index in [0.717, 1.165) is 30.0 Å². The van der Waals surface area contributed by atoms with Gasteiger partial charge in [-0.05, 0) is 18.1 Å². The Hall–Kier alpha value is -2.17. The van der Waals surface area contributed by atoms with Gasteiger partial charge in [-0.25, -0.2) is 4.98 Å². The predicted molar refractivity (Wildman–Crippen MR) is 74.1 cm³/mol. The van der Waals surface area contributed by atoms with Crippen LogP contribution in [-0.2, 0) is 13.0 Å². The zero-order chi connectivity index (χ0) is 13.5. The van der Waals surface area contributed by atoms with Crippen LogP contribution in [0.2, 0.25) is 0 Å². The molecule has 100 valence electrons. The smallest absolute Gasteiger partial charge is 0.218 e. The summed E-state index contributed by atoms with van der Waals surface area (Å²) in [5.74, 6) is 2.17. The molecule has 5 heteroatoms. The average Bonchev–Trinajstić information content (AvgIpc) is 2.46. The molecule has 0 spiro atoms. The van der Waals surface area contributed by atoms with Gasteiger partial charge in [-0.2, -0.15) is 4.98 Å². The number of nitrogens with zero attached hydrogens (tertiary/aromatic N) is 3. The van der Waals surface area contributed by atoms with Crippen LogP contribution in [0.3, 0.4) is 0 Å². The Labute approximate surface area is 113 Å². The predicted octanol–water partition coefficient (Wildman–Crippen LogP) is 2.44. The Kier molecular flexibility index (Phi) is 4.66. The number of pyridine rings is 1. The SMILES string of the molecule is CCCc1nc(NCc2cccnc2)cc(OC)n1. The maximum atomic E-state index is 5.19. The highest BCUT2D eigenvalue weighted by molar-refractivity contribution is 5.39. The van der Waals surface area contributed by atoms with E-state index in [1.54, 1.807) is 19.4 Å². The van der Waals surface area contributed by atoms with Gasteiger partial charge in [-0.3, -0.25) is 4.98 Å². The van der Waals surface area contributed by atoms with E-state index < -0.39 is 0 Å². The van der Waals surface area contributed by atoms with Crippen LogP contribution in [0.1, 0.15) is 24.7 Å². The lowest BCUT2D eigenvalue weighted by atomic mass is 10.3. The van der Waals surface area contributed by atoms with Gasteiger partial charge in [0.25, 0.3) is 0 Å². The van der Waals surface area contributed by atoms with Crippen molar-refractivity contribution in [3.63, 3.8) is 0 Å². The van der Waals surface area contributed by atoms with Crippen LogP contribution in [0.5, 0.6) is 5.88 Å². The second-order valence-corrected chi connectivity index (χ2v) is 4.18. The van der Waals surface area contributed by atoms with Crippen molar-refractivity contribution in [1.82, 2.24) is 15.0 Å². The minimum Gasteiger partial charge on any atom is -0.481 e. The summed E-state index contributed by atoms with van der Waals surface area (Å²) in [7, 11) is 1.61. The van der Waals surface area contributed by atoms with Crippen molar-refractivity contribution in [2.75, 3.05) is 12.4 Å². The third-order valence-electron chi connectivity index (χ3n) is 2.63. The molecule has 19 heavy (non-hydrogen) atoms. The molecule has 0 saturated carbocycles. The van der Waals surface area contributed by atoms with Crippen molar-refractivity contribution >= 4 is 5.82 Å². The van der Waals surface area contributed by atoms with Crippen LogP contribution >= 0.6 is 0 Å². The van der Waals surface area contributed by atoms with E-state index in [2.05, 4.69) is 27.2 Å². The summed E-state index contributed by atoms with van der Waals surface area (Å²) in [5.41, 5.74) is 1.11. The van der Waals surface area contributed by atoms with Crippen LogP contribution in [0.4, 0.5) is 5.82 Å². The molecule has 0 saturated heterocycles. The van der Waals surface area contributed by atoms with Gasteiger partial charge in [-0.1, -0.05) is 13.0 Å². The van der Waals surface area contributed by atoms with Crippen molar-refractivity contribution in [1.29, 1.82) is 0 Å². The van der Waals surface area contributed by atoms with Crippen LogP contribution in [0.15, 0.2) is 30.6 Å². The maximum Gasteiger partial charge on any atom is 0.218 e. The van der Waals surface area contributed by atoms with Gasteiger partial charge in [0.05, 0.1) is 7.11 Å². The van der Waals surface area contributed by atoms with E-state index in [4.69, 9.17) is 4.74 Å². The fourth-order valence-corrected chi connectivity index (χ4v) is 1.70. The molecule has 0 amide bonds. The quantitative estimate of drug-likeness (QED) is 0.862. The minimum atomic E-state index is 0.590. The number of hydrogen-bond donors (Lipinski definition) is 1. The molecular formula is C14H18N4O. The molecule has 0 atom stereocenters. The van der Waals surface area contributed by atoms with Crippen molar-refractivity contribution in [3.8, 4) is 5.88 Å². The van der Waals surface area contributed by atoms with Gasteiger partial charge < -0.3 is 10.1 Å². The van der Waals surface area contributed by atoms with Crippen molar-refractivity contribution in [2.45, 2.75) is 26.3 Å². The van der Waals surface area contributed by atoms with E-state index in [1.807, 2.05) is 18.3 Å². The van der Waals surface area contributed by atoms with Crippen molar-refractivity contribution in [2.24, 2.45) is 0 Å². The van der Waals surface area contributed by atoms with E-state index in [1.165, 1.54) is 0 Å². The second kappa shape index (κ2) is 6.68. The Morgan fingerprint density at radius 2 is 2.21 bits per heavy atom. The minimum absolute atomic E-state index is 0.590. The molecule has 1 N–H and O–H groups in total. The number of nitrogens with one attached hydrogen (secondary N) is 1. The van der Waals surface area contributed by atoms with Crippen LogP contribution in [0, 0.1) is 0 Å². The highest BCUT2D eigenvalue weighted by Crippen LogP contribution is 2.14. The molecular weight excluding hydrogens is 240 g/mol. The highest BCUT2D eigenvalue weighted by atomic mass is 16.5. The molecule has 2 aromatic heterocycles. The molecule has 0 bridgehead atoms. The maximum absolute atomic E-state index is 5.19. The Morgan fingerprint density at radius 3 is 2.89 bits per heavy atom.